The van der Waals surface area contributed by atoms with Crippen LogP contribution < -0.4 is 15.5 Å². The Hall–Kier alpha value is -2.10. The van der Waals surface area contributed by atoms with Crippen molar-refractivity contribution in [1.29, 1.82) is 0 Å². The van der Waals surface area contributed by atoms with Gasteiger partial charge in [0.15, 0.2) is 5.96 Å². The Morgan fingerprint density at radius 2 is 2.07 bits per heavy atom. The molecule has 1 aliphatic rings. The third kappa shape index (κ3) is 6.85. The number of likely N-dealkylation sites (N-methyl/N-ethyl adjacent to an activating group) is 1. The van der Waals surface area contributed by atoms with Crippen LogP contribution in [0.3, 0.4) is 0 Å². The molecular formula is C17H24F5N5. The molecule has 1 atom stereocenters. The van der Waals surface area contributed by atoms with Crippen LogP contribution in [0.4, 0.5) is 27.6 Å². The number of aliphatic imine (C=N–C) groups is 1. The van der Waals surface area contributed by atoms with Crippen molar-refractivity contribution in [1.82, 2.24) is 15.5 Å². The van der Waals surface area contributed by atoms with E-state index in [1.165, 1.54) is 24.1 Å². The molecule has 0 saturated carbocycles. The minimum absolute atomic E-state index is 0.00597. The standard InChI is InChI=1S/C17H24F5N5/c1-23-16(24-6-8-26(2)11-17(20,21)22)25-13-5-7-27(10-13)15-4-3-12(18)9-14(15)19/h3-4,9,13H,5-8,10-11H2,1-2H3,(H2,23,24,25). The number of alkyl halides is 3. The van der Waals surface area contributed by atoms with Crippen LogP contribution in [-0.4, -0.2) is 69.9 Å². The zero-order valence-electron chi connectivity index (χ0n) is 15.3. The summed E-state index contributed by atoms with van der Waals surface area (Å²) in [5, 5.41) is 6.15. The second-order valence-corrected chi connectivity index (χ2v) is 6.52. The lowest BCUT2D eigenvalue weighted by molar-refractivity contribution is -0.142. The quantitative estimate of drug-likeness (QED) is 0.442. The van der Waals surface area contributed by atoms with Crippen molar-refractivity contribution in [2.24, 2.45) is 4.99 Å². The first-order valence-electron chi connectivity index (χ1n) is 8.60. The molecule has 1 saturated heterocycles. The van der Waals surface area contributed by atoms with Crippen LogP contribution in [-0.2, 0) is 0 Å². The fourth-order valence-electron chi connectivity index (χ4n) is 2.97. The lowest BCUT2D eigenvalue weighted by Gasteiger charge is -2.22. The van der Waals surface area contributed by atoms with E-state index in [4.69, 9.17) is 0 Å². The van der Waals surface area contributed by atoms with E-state index < -0.39 is 24.4 Å². The van der Waals surface area contributed by atoms with E-state index in [9.17, 15) is 22.0 Å². The molecule has 1 unspecified atom stereocenters. The predicted molar refractivity (Wildman–Crippen MR) is 95.0 cm³/mol. The van der Waals surface area contributed by atoms with Crippen molar-refractivity contribution in [3.05, 3.63) is 29.8 Å². The number of nitrogens with one attached hydrogen (secondary N) is 2. The first-order chi connectivity index (χ1) is 12.7. The normalized spacial score (nSPS) is 18.3. The van der Waals surface area contributed by atoms with Gasteiger partial charge in [0, 0.05) is 45.3 Å². The molecule has 1 heterocycles. The van der Waals surface area contributed by atoms with E-state index in [-0.39, 0.29) is 12.6 Å². The van der Waals surface area contributed by atoms with Gasteiger partial charge in [-0.15, -0.1) is 0 Å². The first kappa shape index (κ1) is 21.2. The van der Waals surface area contributed by atoms with Crippen LogP contribution in [0.2, 0.25) is 0 Å². The Morgan fingerprint density at radius 3 is 2.70 bits per heavy atom. The molecule has 0 radical (unpaired) electrons. The molecule has 0 spiro atoms. The zero-order valence-corrected chi connectivity index (χ0v) is 15.3. The minimum atomic E-state index is -4.22. The summed E-state index contributed by atoms with van der Waals surface area (Å²) in [7, 11) is 2.97. The summed E-state index contributed by atoms with van der Waals surface area (Å²) in [4.78, 5) is 7.05. The smallest absolute Gasteiger partial charge is 0.367 e. The first-order valence-corrected chi connectivity index (χ1v) is 8.60. The molecule has 5 nitrogen and oxygen atoms in total. The van der Waals surface area contributed by atoms with E-state index in [1.54, 1.807) is 7.05 Å². The van der Waals surface area contributed by atoms with Crippen molar-refractivity contribution in [2.45, 2.75) is 18.6 Å². The van der Waals surface area contributed by atoms with Gasteiger partial charge in [-0.1, -0.05) is 0 Å². The monoisotopic (exact) mass is 393 g/mol. The molecule has 1 fully saturated rings. The summed E-state index contributed by atoms with van der Waals surface area (Å²) in [5.41, 5.74) is 0.345. The molecule has 27 heavy (non-hydrogen) atoms. The Bertz CT molecular complexity index is 649. The molecule has 1 aromatic rings. The topological polar surface area (TPSA) is 42.9 Å². The summed E-state index contributed by atoms with van der Waals surface area (Å²) in [6.07, 6.45) is -3.50. The Kier molecular flexibility index (Phi) is 7.23. The van der Waals surface area contributed by atoms with E-state index in [0.717, 1.165) is 12.5 Å². The Morgan fingerprint density at radius 1 is 1.33 bits per heavy atom. The number of nitrogens with zero attached hydrogens (tertiary/aromatic N) is 3. The summed E-state index contributed by atoms with van der Waals surface area (Å²) >= 11 is 0. The fourth-order valence-corrected chi connectivity index (χ4v) is 2.97. The maximum absolute atomic E-state index is 13.9. The molecule has 152 valence electrons. The third-order valence-electron chi connectivity index (χ3n) is 4.24. The zero-order chi connectivity index (χ0) is 20.0. The summed E-state index contributed by atoms with van der Waals surface area (Å²) < 4.78 is 63.8. The van der Waals surface area contributed by atoms with Crippen LogP contribution in [0.1, 0.15) is 6.42 Å². The van der Waals surface area contributed by atoms with Gasteiger partial charge in [-0.2, -0.15) is 13.2 Å². The summed E-state index contributed by atoms with van der Waals surface area (Å²) in [6, 6.07) is 3.48. The number of halogens is 5. The van der Waals surface area contributed by atoms with Gasteiger partial charge in [0.1, 0.15) is 11.6 Å². The average molecular weight is 393 g/mol. The molecule has 1 aromatic carbocycles. The van der Waals surface area contributed by atoms with Crippen LogP contribution in [0.5, 0.6) is 0 Å². The molecule has 2 rings (SSSR count). The fraction of sp³-hybridized carbons (Fsp3) is 0.588. The molecule has 0 amide bonds. The maximum Gasteiger partial charge on any atom is 0.401 e. The average Bonchev–Trinajstić information content (AvgIpc) is 3.00. The molecule has 10 heteroatoms. The highest BCUT2D eigenvalue weighted by molar-refractivity contribution is 5.80. The molecular weight excluding hydrogens is 369 g/mol. The Labute approximate surface area is 155 Å². The minimum Gasteiger partial charge on any atom is -0.367 e. The number of hydrogen-bond acceptors (Lipinski definition) is 3. The van der Waals surface area contributed by atoms with Crippen molar-refractivity contribution in [3.8, 4) is 0 Å². The number of hydrogen-bond donors (Lipinski definition) is 2. The van der Waals surface area contributed by atoms with E-state index in [1.807, 2.05) is 4.90 Å². The highest BCUT2D eigenvalue weighted by atomic mass is 19.4. The second-order valence-electron chi connectivity index (χ2n) is 6.52. The van der Waals surface area contributed by atoms with Crippen molar-refractivity contribution in [3.63, 3.8) is 0 Å². The maximum atomic E-state index is 13.9. The van der Waals surface area contributed by atoms with E-state index in [0.29, 0.717) is 31.3 Å². The largest absolute Gasteiger partial charge is 0.401 e. The summed E-state index contributed by atoms with van der Waals surface area (Å²) in [6.45, 7) is 0.650. The lowest BCUT2D eigenvalue weighted by Crippen LogP contribution is -2.46. The molecule has 2 N–H and O–H groups in total. The van der Waals surface area contributed by atoms with Gasteiger partial charge < -0.3 is 15.5 Å². The molecule has 0 aliphatic carbocycles. The van der Waals surface area contributed by atoms with Crippen molar-refractivity contribution < 1.29 is 22.0 Å². The second kappa shape index (κ2) is 9.20. The molecule has 0 bridgehead atoms. The summed E-state index contributed by atoms with van der Waals surface area (Å²) in [5.74, 6) is -0.752. The highest BCUT2D eigenvalue weighted by Crippen LogP contribution is 2.24. The number of anilines is 1. The van der Waals surface area contributed by atoms with Gasteiger partial charge in [0.05, 0.1) is 12.2 Å². The highest BCUT2D eigenvalue weighted by Gasteiger charge is 2.29. The van der Waals surface area contributed by atoms with Gasteiger partial charge >= 0.3 is 6.18 Å². The van der Waals surface area contributed by atoms with Crippen LogP contribution >= 0.6 is 0 Å². The number of guanidine groups is 1. The van der Waals surface area contributed by atoms with Crippen molar-refractivity contribution in [2.75, 3.05) is 51.7 Å². The van der Waals surface area contributed by atoms with Gasteiger partial charge in [-0.05, 0) is 25.6 Å². The Balaban J connectivity index is 1.78. The number of rotatable bonds is 6. The third-order valence-corrected chi connectivity index (χ3v) is 4.24. The van der Waals surface area contributed by atoms with Crippen LogP contribution in [0.15, 0.2) is 23.2 Å². The van der Waals surface area contributed by atoms with Crippen molar-refractivity contribution >= 4 is 11.6 Å². The predicted octanol–water partition coefficient (Wildman–Crippen LogP) is 2.20. The SMILES string of the molecule is CN=C(NCCN(C)CC(F)(F)F)NC1CCN(c2ccc(F)cc2F)C1. The van der Waals surface area contributed by atoms with Crippen LogP contribution in [0.25, 0.3) is 0 Å². The van der Waals surface area contributed by atoms with Gasteiger partial charge in [0.25, 0.3) is 0 Å². The van der Waals surface area contributed by atoms with Gasteiger partial charge in [-0.3, -0.25) is 9.89 Å². The van der Waals surface area contributed by atoms with Gasteiger partial charge in [0.2, 0.25) is 0 Å². The molecule has 0 aromatic heterocycles. The van der Waals surface area contributed by atoms with Crippen LogP contribution in [0, 0.1) is 11.6 Å². The van der Waals surface area contributed by atoms with E-state index >= 15 is 0 Å². The van der Waals surface area contributed by atoms with E-state index in [2.05, 4.69) is 15.6 Å². The lowest BCUT2D eigenvalue weighted by atomic mass is 10.2. The number of benzene rings is 1. The molecule has 1 aliphatic heterocycles. The van der Waals surface area contributed by atoms with Gasteiger partial charge in [-0.25, -0.2) is 8.78 Å².